The van der Waals surface area contributed by atoms with Gasteiger partial charge in [0.15, 0.2) is 0 Å². The highest BCUT2D eigenvalue weighted by atomic mass is 32.1. The van der Waals surface area contributed by atoms with Gasteiger partial charge >= 0.3 is 0 Å². The number of hydrogen-bond donors (Lipinski definition) is 2. The van der Waals surface area contributed by atoms with E-state index in [2.05, 4.69) is 4.98 Å². The average Bonchev–Trinajstić information content (AvgIpc) is 2.80. The van der Waals surface area contributed by atoms with Gasteiger partial charge in [0.1, 0.15) is 16.9 Å². The molecule has 3 N–H and O–H groups in total. The number of aryl methyl sites for hydroxylation is 1. The Bertz CT molecular complexity index is 522. The van der Waals surface area contributed by atoms with Gasteiger partial charge in [0.05, 0.1) is 17.7 Å². The normalized spacial score (nSPS) is 12.4. The van der Waals surface area contributed by atoms with E-state index in [9.17, 15) is 5.11 Å². The number of benzene rings is 1. The number of nitrogens with two attached hydrogens (primary N) is 1. The molecule has 0 bridgehead atoms. The minimum absolute atomic E-state index is 0.213. The van der Waals surface area contributed by atoms with Crippen LogP contribution in [0.5, 0.6) is 5.75 Å². The molecule has 0 amide bonds. The summed E-state index contributed by atoms with van der Waals surface area (Å²) in [6, 6.07) is 7.70. The van der Waals surface area contributed by atoms with E-state index >= 15 is 0 Å². The van der Waals surface area contributed by atoms with Crippen LogP contribution in [0.25, 0.3) is 10.6 Å². The Hall–Kier alpha value is -1.43. The molecule has 96 valence electrons. The van der Waals surface area contributed by atoms with E-state index in [1.165, 1.54) is 11.3 Å². The molecule has 0 fully saturated rings. The molecular weight excluding hydrogens is 248 g/mol. The van der Waals surface area contributed by atoms with E-state index in [4.69, 9.17) is 10.5 Å². The van der Waals surface area contributed by atoms with Gasteiger partial charge in [-0.25, -0.2) is 4.98 Å². The Morgan fingerprint density at radius 1 is 1.39 bits per heavy atom. The van der Waals surface area contributed by atoms with Crippen molar-refractivity contribution in [2.24, 2.45) is 5.73 Å². The summed E-state index contributed by atoms with van der Waals surface area (Å²) in [4.78, 5) is 5.30. The fourth-order valence-corrected chi connectivity index (χ4v) is 2.75. The number of rotatable bonds is 4. The zero-order valence-electron chi connectivity index (χ0n) is 10.4. The number of nitrogens with zero attached hydrogens (tertiary/aromatic N) is 1. The van der Waals surface area contributed by atoms with Crippen molar-refractivity contribution in [2.45, 2.75) is 13.0 Å². The molecule has 0 aliphatic rings. The van der Waals surface area contributed by atoms with Gasteiger partial charge in [-0.2, -0.15) is 0 Å². The third kappa shape index (κ3) is 2.53. The summed E-state index contributed by atoms with van der Waals surface area (Å²) in [5.41, 5.74) is 7.32. The molecule has 0 aliphatic carbocycles. The maximum atomic E-state index is 9.78. The molecule has 2 rings (SSSR count). The first-order valence-electron chi connectivity index (χ1n) is 5.65. The van der Waals surface area contributed by atoms with Crippen LogP contribution in [0, 0.1) is 6.92 Å². The quantitative estimate of drug-likeness (QED) is 0.887. The van der Waals surface area contributed by atoms with E-state index < -0.39 is 6.10 Å². The Labute approximate surface area is 110 Å². The van der Waals surface area contributed by atoms with Crippen LogP contribution in [-0.4, -0.2) is 23.7 Å². The maximum Gasteiger partial charge on any atom is 0.123 e. The van der Waals surface area contributed by atoms with Gasteiger partial charge in [0.2, 0.25) is 0 Å². The second-order valence-electron chi connectivity index (χ2n) is 3.95. The zero-order chi connectivity index (χ0) is 13.1. The second-order valence-corrected chi connectivity index (χ2v) is 4.98. The van der Waals surface area contributed by atoms with Crippen LogP contribution in [-0.2, 0) is 0 Å². The van der Waals surface area contributed by atoms with Crippen LogP contribution in [0.3, 0.4) is 0 Å². The van der Waals surface area contributed by atoms with E-state index in [0.29, 0.717) is 0 Å². The number of aliphatic hydroxyl groups excluding tert-OH is 1. The molecule has 4 nitrogen and oxygen atoms in total. The summed E-state index contributed by atoms with van der Waals surface area (Å²) in [6.45, 7) is 2.10. The van der Waals surface area contributed by atoms with Gasteiger partial charge in [0, 0.05) is 12.1 Å². The average molecular weight is 264 g/mol. The molecule has 1 unspecified atom stereocenters. The van der Waals surface area contributed by atoms with Crippen LogP contribution in [0.2, 0.25) is 0 Å². The molecule has 2 aromatic rings. The van der Waals surface area contributed by atoms with E-state index in [-0.39, 0.29) is 6.54 Å². The molecule has 5 heteroatoms. The molecule has 0 radical (unpaired) electrons. The fourth-order valence-electron chi connectivity index (χ4n) is 1.68. The summed E-state index contributed by atoms with van der Waals surface area (Å²) in [5, 5.41) is 10.7. The Kier molecular flexibility index (Phi) is 3.96. The largest absolute Gasteiger partial charge is 0.497 e. The predicted octanol–water partition coefficient (Wildman–Crippen LogP) is 2.12. The summed E-state index contributed by atoms with van der Waals surface area (Å²) in [6.07, 6.45) is -0.630. The lowest BCUT2D eigenvalue weighted by atomic mass is 10.2. The van der Waals surface area contributed by atoms with Gasteiger partial charge in [0.25, 0.3) is 0 Å². The van der Waals surface area contributed by atoms with E-state index in [1.54, 1.807) is 7.11 Å². The smallest absolute Gasteiger partial charge is 0.123 e. The van der Waals surface area contributed by atoms with E-state index in [1.807, 2.05) is 31.2 Å². The number of hydrogen-bond acceptors (Lipinski definition) is 5. The number of ether oxygens (including phenoxy) is 1. The summed E-state index contributed by atoms with van der Waals surface area (Å²) >= 11 is 1.48. The number of thiazole rings is 1. The third-order valence-electron chi connectivity index (χ3n) is 2.70. The van der Waals surface area contributed by atoms with Crippen molar-refractivity contribution < 1.29 is 9.84 Å². The molecule has 0 saturated carbocycles. The second kappa shape index (κ2) is 5.48. The van der Waals surface area contributed by atoms with Gasteiger partial charge in [-0.05, 0) is 31.2 Å². The molecule has 1 aromatic carbocycles. The highest BCUT2D eigenvalue weighted by molar-refractivity contribution is 7.15. The fraction of sp³-hybridized carbons (Fsp3) is 0.308. The van der Waals surface area contributed by atoms with Crippen LogP contribution in [0.1, 0.15) is 16.7 Å². The lowest BCUT2D eigenvalue weighted by molar-refractivity contribution is 0.189. The van der Waals surface area contributed by atoms with Crippen molar-refractivity contribution >= 4 is 11.3 Å². The van der Waals surface area contributed by atoms with Crippen molar-refractivity contribution in [3.63, 3.8) is 0 Å². The van der Waals surface area contributed by atoms with Crippen LogP contribution < -0.4 is 10.5 Å². The molecule has 0 saturated heterocycles. The number of methoxy groups -OCH3 is 1. The van der Waals surface area contributed by atoms with Crippen molar-refractivity contribution in [3.8, 4) is 16.3 Å². The Morgan fingerprint density at radius 3 is 2.61 bits per heavy atom. The van der Waals surface area contributed by atoms with Crippen LogP contribution >= 0.6 is 11.3 Å². The topological polar surface area (TPSA) is 68.4 Å². The Morgan fingerprint density at radius 2 is 2.06 bits per heavy atom. The minimum Gasteiger partial charge on any atom is -0.497 e. The molecule has 1 atom stereocenters. The molecule has 1 heterocycles. The number of aromatic nitrogens is 1. The standard InChI is InChI=1S/C13H16N2O2S/c1-8-12(11(16)7-14)18-13(15-8)9-3-5-10(17-2)6-4-9/h3-6,11,16H,7,14H2,1-2H3. The van der Waals surface area contributed by atoms with Gasteiger partial charge in [-0.1, -0.05) is 0 Å². The first-order chi connectivity index (χ1) is 8.65. The highest BCUT2D eigenvalue weighted by Gasteiger charge is 2.15. The Balaban J connectivity index is 2.33. The highest BCUT2D eigenvalue weighted by Crippen LogP contribution is 2.32. The van der Waals surface area contributed by atoms with Crippen LogP contribution in [0.4, 0.5) is 0 Å². The third-order valence-corrected chi connectivity index (χ3v) is 4.00. The van der Waals surface area contributed by atoms with Crippen molar-refractivity contribution in [1.29, 1.82) is 0 Å². The van der Waals surface area contributed by atoms with Gasteiger partial charge in [-0.3, -0.25) is 0 Å². The summed E-state index contributed by atoms with van der Waals surface area (Å²) < 4.78 is 5.12. The molecule has 0 aliphatic heterocycles. The lowest BCUT2D eigenvalue weighted by Gasteiger charge is -2.03. The zero-order valence-corrected chi connectivity index (χ0v) is 11.2. The van der Waals surface area contributed by atoms with Crippen molar-refractivity contribution in [1.82, 2.24) is 4.98 Å². The van der Waals surface area contributed by atoms with Crippen molar-refractivity contribution in [3.05, 3.63) is 34.8 Å². The summed E-state index contributed by atoms with van der Waals surface area (Å²) in [7, 11) is 1.64. The summed E-state index contributed by atoms with van der Waals surface area (Å²) in [5.74, 6) is 0.814. The lowest BCUT2D eigenvalue weighted by Crippen LogP contribution is -2.10. The van der Waals surface area contributed by atoms with E-state index in [0.717, 1.165) is 26.9 Å². The SMILES string of the molecule is COc1ccc(-c2nc(C)c(C(O)CN)s2)cc1. The minimum atomic E-state index is -0.630. The van der Waals surface area contributed by atoms with Crippen molar-refractivity contribution in [2.75, 3.05) is 13.7 Å². The predicted molar refractivity (Wildman–Crippen MR) is 72.9 cm³/mol. The molecule has 18 heavy (non-hydrogen) atoms. The van der Waals surface area contributed by atoms with Crippen LogP contribution in [0.15, 0.2) is 24.3 Å². The number of aliphatic hydroxyl groups is 1. The van der Waals surface area contributed by atoms with Gasteiger partial charge < -0.3 is 15.6 Å². The maximum absolute atomic E-state index is 9.78. The van der Waals surface area contributed by atoms with Gasteiger partial charge in [-0.15, -0.1) is 11.3 Å². The molecule has 0 spiro atoms. The molecule has 1 aromatic heterocycles. The first-order valence-corrected chi connectivity index (χ1v) is 6.47. The first kappa shape index (κ1) is 13.0. The molecular formula is C13H16N2O2S. The monoisotopic (exact) mass is 264 g/mol.